The van der Waals surface area contributed by atoms with E-state index in [-0.39, 0.29) is 22.3 Å². The van der Waals surface area contributed by atoms with Crippen LogP contribution in [0.5, 0.6) is 11.5 Å². The zero-order chi connectivity index (χ0) is 20.1. The van der Waals surface area contributed by atoms with Crippen molar-refractivity contribution in [2.75, 3.05) is 0 Å². The van der Waals surface area contributed by atoms with Gasteiger partial charge < -0.3 is 10.2 Å². The van der Waals surface area contributed by atoms with Crippen molar-refractivity contribution in [1.82, 2.24) is 0 Å². The highest BCUT2D eigenvalue weighted by Gasteiger charge is 2.37. The molecule has 0 aliphatic heterocycles. The Bertz CT molecular complexity index is 1340. The highest BCUT2D eigenvalue weighted by Crippen LogP contribution is 2.37. The Morgan fingerprint density at radius 1 is 0.536 bits per heavy atom. The van der Waals surface area contributed by atoms with Crippen molar-refractivity contribution in [3.8, 4) is 11.5 Å². The number of hydrogen-bond acceptors (Lipinski definition) is 6. The van der Waals surface area contributed by atoms with E-state index >= 15 is 0 Å². The molecule has 0 amide bonds. The van der Waals surface area contributed by atoms with Crippen LogP contribution < -0.4 is 0 Å². The summed E-state index contributed by atoms with van der Waals surface area (Å²) in [6.07, 6.45) is 0. The standard InChI is InChI=1S/C20H14O6S2/c21-15-9-13-5-1-3-7-17(13)19(11-15)27(23,24)28(25,26)20-12-16(22)10-14-6-2-4-8-18(14)20/h1-12,21-22H. The van der Waals surface area contributed by atoms with E-state index < -0.39 is 27.5 Å². The third kappa shape index (κ3) is 2.69. The van der Waals surface area contributed by atoms with E-state index in [4.69, 9.17) is 0 Å². The summed E-state index contributed by atoms with van der Waals surface area (Å²) in [5, 5.41) is 21.0. The van der Waals surface area contributed by atoms with E-state index in [1.165, 1.54) is 24.3 Å². The topological polar surface area (TPSA) is 109 Å². The smallest absolute Gasteiger partial charge is 0.287 e. The molecule has 8 heteroatoms. The van der Waals surface area contributed by atoms with Gasteiger partial charge in [-0.25, -0.2) is 16.8 Å². The van der Waals surface area contributed by atoms with Crippen molar-refractivity contribution in [3.05, 3.63) is 72.8 Å². The van der Waals surface area contributed by atoms with E-state index in [0.29, 0.717) is 10.8 Å². The molecule has 28 heavy (non-hydrogen) atoms. The van der Waals surface area contributed by atoms with Gasteiger partial charge >= 0.3 is 0 Å². The van der Waals surface area contributed by atoms with Gasteiger partial charge in [0.2, 0.25) is 0 Å². The first-order chi connectivity index (χ1) is 13.2. The van der Waals surface area contributed by atoms with Gasteiger partial charge in [0, 0.05) is 22.9 Å². The summed E-state index contributed by atoms with van der Waals surface area (Å²) in [6, 6.07) is 17.1. The SMILES string of the molecule is O=S(=O)(c1cc(O)cc2ccccc12)S(=O)(=O)c1cc(O)cc2ccccc12. The first-order valence-electron chi connectivity index (χ1n) is 8.15. The molecule has 0 aliphatic carbocycles. The van der Waals surface area contributed by atoms with Gasteiger partial charge in [-0.15, -0.1) is 0 Å². The molecule has 142 valence electrons. The van der Waals surface area contributed by atoms with Gasteiger partial charge in [0.1, 0.15) is 11.5 Å². The minimum absolute atomic E-state index is 0.174. The summed E-state index contributed by atoms with van der Waals surface area (Å²) in [6.45, 7) is 0. The van der Waals surface area contributed by atoms with E-state index in [2.05, 4.69) is 0 Å². The first kappa shape index (κ1) is 18.3. The lowest BCUT2D eigenvalue weighted by Gasteiger charge is -2.12. The first-order valence-corrected chi connectivity index (χ1v) is 11.6. The molecule has 0 fully saturated rings. The molecule has 0 heterocycles. The molecule has 6 nitrogen and oxygen atoms in total. The Kier molecular flexibility index (Phi) is 4.06. The Hall–Kier alpha value is -3.10. The minimum atomic E-state index is -4.95. The third-order valence-electron chi connectivity index (χ3n) is 4.44. The largest absolute Gasteiger partial charge is 0.508 e. The van der Waals surface area contributed by atoms with Gasteiger partial charge in [-0.3, -0.25) is 0 Å². The summed E-state index contributed by atoms with van der Waals surface area (Å²) in [5.74, 6) is -0.735. The van der Waals surface area contributed by atoms with E-state index in [1.54, 1.807) is 36.4 Å². The Labute approximate surface area is 160 Å². The van der Waals surface area contributed by atoms with E-state index in [1.807, 2.05) is 0 Å². The number of phenolic OH excluding ortho intramolecular Hbond substituents is 2. The van der Waals surface area contributed by atoms with Crippen molar-refractivity contribution in [2.45, 2.75) is 9.79 Å². The minimum Gasteiger partial charge on any atom is -0.508 e. The Morgan fingerprint density at radius 3 is 1.29 bits per heavy atom. The molecule has 0 unspecified atom stereocenters. The fourth-order valence-electron chi connectivity index (χ4n) is 3.17. The van der Waals surface area contributed by atoms with Gasteiger partial charge in [-0.05, 0) is 22.9 Å². The monoisotopic (exact) mass is 414 g/mol. The lowest BCUT2D eigenvalue weighted by Crippen LogP contribution is -2.17. The van der Waals surface area contributed by atoms with Crippen LogP contribution in [0.25, 0.3) is 21.5 Å². The quantitative estimate of drug-likeness (QED) is 0.496. The van der Waals surface area contributed by atoms with Gasteiger partial charge in [0.25, 0.3) is 17.7 Å². The molecule has 0 aliphatic rings. The zero-order valence-electron chi connectivity index (χ0n) is 14.3. The molecular weight excluding hydrogens is 400 g/mol. The third-order valence-corrected chi connectivity index (χ3v) is 9.59. The highest BCUT2D eigenvalue weighted by molar-refractivity contribution is 8.67. The molecule has 0 atom stereocenters. The Balaban J connectivity index is 2.07. The molecule has 2 N–H and O–H groups in total. The van der Waals surface area contributed by atoms with Crippen molar-refractivity contribution < 1.29 is 27.0 Å². The van der Waals surface area contributed by atoms with Crippen LogP contribution in [-0.4, -0.2) is 27.0 Å². The summed E-state index contributed by atoms with van der Waals surface area (Å²) in [5.41, 5.74) is 0. The molecule has 4 aromatic rings. The molecule has 0 radical (unpaired) electrons. The molecule has 0 saturated carbocycles. The number of hydrogen-bond donors (Lipinski definition) is 2. The second-order valence-electron chi connectivity index (χ2n) is 6.24. The number of phenols is 2. The maximum atomic E-state index is 13.2. The molecule has 0 saturated heterocycles. The zero-order valence-corrected chi connectivity index (χ0v) is 15.9. The fraction of sp³-hybridized carbons (Fsp3) is 0. The Morgan fingerprint density at radius 2 is 0.893 bits per heavy atom. The average Bonchev–Trinajstić information content (AvgIpc) is 2.66. The maximum absolute atomic E-state index is 13.2. The number of fused-ring (bicyclic) bond motifs is 2. The van der Waals surface area contributed by atoms with Gasteiger partial charge in [0.05, 0.1) is 9.79 Å². The molecule has 4 aromatic carbocycles. The van der Waals surface area contributed by atoms with Gasteiger partial charge in [-0.2, -0.15) is 0 Å². The number of aromatic hydroxyl groups is 2. The maximum Gasteiger partial charge on any atom is 0.287 e. The summed E-state index contributed by atoms with van der Waals surface area (Å²) in [4.78, 5) is -1.04. The molecule has 0 aromatic heterocycles. The van der Waals surface area contributed by atoms with Crippen LogP contribution in [0.4, 0.5) is 0 Å². The molecular formula is C20H14O6S2. The van der Waals surface area contributed by atoms with E-state index in [0.717, 1.165) is 12.1 Å². The molecule has 0 spiro atoms. The van der Waals surface area contributed by atoms with Crippen molar-refractivity contribution in [2.24, 2.45) is 0 Å². The van der Waals surface area contributed by atoms with Crippen LogP contribution in [0.3, 0.4) is 0 Å². The van der Waals surface area contributed by atoms with Crippen molar-refractivity contribution in [1.29, 1.82) is 0 Å². The summed E-state index contributed by atoms with van der Waals surface area (Å²) >= 11 is 0. The van der Waals surface area contributed by atoms with Gasteiger partial charge in [0.15, 0.2) is 0 Å². The van der Waals surface area contributed by atoms with Crippen LogP contribution in [0, 0.1) is 0 Å². The van der Waals surface area contributed by atoms with Crippen molar-refractivity contribution >= 4 is 39.3 Å². The lowest BCUT2D eigenvalue weighted by molar-refractivity contribution is 0.473. The second-order valence-corrected chi connectivity index (χ2v) is 11.6. The lowest BCUT2D eigenvalue weighted by atomic mass is 10.1. The average molecular weight is 414 g/mol. The fourth-order valence-corrected chi connectivity index (χ4v) is 7.33. The highest BCUT2D eigenvalue weighted by atomic mass is 33.2. The van der Waals surface area contributed by atoms with Crippen LogP contribution in [0.15, 0.2) is 82.6 Å². The number of rotatable bonds is 3. The normalized spacial score (nSPS) is 12.4. The summed E-state index contributed by atoms with van der Waals surface area (Å²) in [7, 11) is -9.90. The second kappa shape index (κ2) is 6.22. The predicted molar refractivity (Wildman–Crippen MR) is 106 cm³/mol. The van der Waals surface area contributed by atoms with Gasteiger partial charge in [-0.1, -0.05) is 48.5 Å². The van der Waals surface area contributed by atoms with Crippen LogP contribution in [-0.2, 0) is 17.7 Å². The number of benzene rings is 4. The van der Waals surface area contributed by atoms with Crippen LogP contribution in [0.2, 0.25) is 0 Å². The molecule has 4 rings (SSSR count). The van der Waals surface area contributed by atoms with E-state index in [9.17, 15) is 27.0 Å². The predicted octanol–water partition coefficient (Wildman–Crippen LogP) is 3.57. The summed E-state index contributed by atoms with van der Waals surface area (Å²) < 4.78 is 52.8. The van der Waals surface area contributed by atoms with Crippen LogP contribution >= 0.6 is 0 Å². The van der Waals surface area contributed by atoms with Crippen molar-refractivity contribution in [3.63, 3.8) is 0 Å². The van der Waals surface area contributed by atoms with Crippen LogP contribution in [0.1, 0.15) is 0 Å². The molecule has 0 bridgehead atoms.